The van der Waals surface area contributed by atoms with Crippen molar-refractivity contribution in [3.05, 3.63) is 65.2 Å². The summed E-state index contributed by atoms with van der Waals surface area (Å²) in [7, 11) is -3.74. The number of amides is 1. The number of carbonyl (C=O) groups excluding carboxylic acids is 1. The van der Waals surface area contributed by atoms with Crippen molar-refractivity contribution < 1.29 is 13.2 Å². The molecule has 6 heteroatoms. The lowest BCUT2D eigenvalue weighted by atomic mass is 10.1. The minimum absolute atomic E-state index is 0.0764. The lowest BCUT2D eigenvalue weighted by Gasteiger charge is -2.12. The van der Waals surface area contributed by atoms with Crippen LogP contribution in [0.3, 0.4) is 0 Å². The minimum Gasteiger partial charge on any atom is -0.325 e. The number of sulfonamides is 1. The molecule has 3 aromatic carbocycles. The fourth-order valence-electron chi connectivity index (χ4n) is 3.94. The van der Waals surface area contributed by atoms with Gasteiger partial charge < -0.3 is 5.32 Å². The Morgan fingerprint density at radius 3 is 2.54 bits per heavy atom. The van der Waals surface area contributed by atoms with E-state index in [1.54, 1.807) is 24.3 Å². The molecular weight excluding hydrogens is 348 g/mol. The van der Waals surface area contributed by atoms with Gasteiger partial charge in [0.05, 0.1) is 17.0 Å². The highest BCUT2D eigenvalue weighted by atomic mass is 32.2. The van der Waals surface area contributed by atoms with Gasteiger partial charge >= 0.3 is 0 Å². The zero-order valence-corrected chi connectivity index (χ0v) is 14.7. The molecule has 0 saturated carbocycles. The standard InChI is InChI=1S/C20H16N2O3S/c23-19-10-14-6-8-15(11-17(14)21-19)22-26(24,25)18-9-7-13-5-4-12-2-1-3-16(18)20(12)13/h1-3,6-9,11,22H,4-5,10H2,(H,21,23). The topological polar surface area (TPSA) is 75.3 Å². The second kappa shape index (κ2) is 5.32. The van der Waals surface area contributed by atoms with E-state index in [1.807, 2.05) is 18.2 Å². The number of rotatable bonds is 3. The van der Waals surface area contributed by atoms with Crippen LogP contribution in [0.1, 0.15) is 16.7 Å². The van der Waals surface area contributed by atoms with E-state index in [2.05, 4.69) is 16.1 Å². The van der Waals surface area contributed by atoms with Crippen molar-refractivity contribution in [2.75, 3.05) is 10.0 Å². The summed E-state index contributed by atoms with van der Waals surface area (Å²) in [6.07, 6.45) is 2.24. The summed E-state index contributed by atoms with van der Waals surface area (Å²) in [5.74, 6) is -0.0764. The molecule has 0 atom stereocenters. The molecule has 3 aromatic rings. The maximum absolute atomic E-state index is 13.0. The van der Waals surface area contributed by atoms with E-state index in [0.717, 1.165) is 29.2 Å². The van der Waals surface area contributed by atoms with Gasteiger partial charge in [-0.2, -0.15) is 0 Å². The van der Waals surface area contributed by atoms with Gasteiger partial charge in [-0.05, 0) is 53.1 Å². The number of benzene rings is 3. The lowest BCUT2D eigenvalue weighted by molar-refractivity contribution is -0.115. The third-order valence-electron chi connectivity index (χ3n) is 5.11. The van der Waals surface area contributed by atoms with Gasteiger partial charge in [-0.25, -0.2) is 8.42 Å². The molecule has 0 saturated heterocycles. The first-order valence-corrected chi connectivity index (χ1v) is 9.99. The summed E-state index contributed by atoms with van der Waals surface area (Å²) < 4.78 is 28.7. The Bertz CT molecular complexity index is 1190. The van der Waals surface area contributed by atoms with Gasteiger partial charge in [0.2, 0.25) is 5.91 Å². The molecule has 0 unspecified atom stereocenters. The van der Waals surface area contributed by atoms with Crippen molar-refractivity contribution in [2.45, 2.75) is 24.2 Å². The number of fused-ring (bicyclic) bond motifs is 1. The summed E-state index contributed by atoms with van der Waals surface area (Å²) in [6.45, 7) is 0. The maximum atomic E-state index is 13.0. The first-order valence-electron chi connectivity index (χ1n) is 8.50. The zero-order chi connectivity index (χ0) is 17.9. The average Bonchev–Trinajstić information content (AvgIpc) is 3.18. The largest absolute Gasteiger partial charge is 0.325 e. The maximum Gasteiger partial charge on any atom is 0.262 e. The first-order chi connectivity index (χ1) is 12.5. The molecule has 26 heavy (non-hydrogen) atoms. The molecule has 2 N–H and O–H groups in total. The summed E-state index contributed by atoms with van der Waals surface area (Å²) in [5, 5.41) is 4.57. The molecule has 0 fully saturated rings. The van der Waals surface area contributed by atoms with E-state index in [-0.39, 0.29) is 10.8 Å². The molecule has 0 aromatic heterocycles. The third kappa shape index (κ3) is 2.29. The van der Waals surface area contributed by atoms with E-state index in [1.165, 1.54) is 11.1 Å². The molecule has 1 aliphatic carbocycles. The Morgan fingerprint density at radius 2 is 1.69 bits per heavy atom. The zero-order valence-electron chi connectivity index (χ0n) is 13.9. The van der Waals surface area contributed by atoms with Crippen molar-refractivity contribution in [1.29, 1.82) is 0 Å². The van der Waals surface area contributed by atoms with Gasteiger partial charge in [-0.3, -0.25) is 9.52 Å². The summed E-state index contributed by atoms with van der Waals surface area (Å²) in [5.41, 5.74) is 4.39. The van der Waals surface area contributed by atoms with Crippen molar-refractivity contribution in [1.82, 2.24) is 0 Å². The van der Waals surface area contributed by atoms with E-state index in [9.17, 15) is 13.2 Å². The molecule has 1 amide bonds. The monoisotopic (exact) mass is 364 g/mol. The number of aryl methyl sites for hydroxylation is 2. The summed E-state index contributed by atoms with van der Waals surface area (Å²) in [4.78, 5) is 11.8. The number of carbonyl (C=O) groups is 1. The van der Waals surface area contributed by atoms with Crippen LogP contribution in [-0.4, -0.2) is 14.3 Å². The van der Waals surface area contributed by atoms with Gasteiger partial charge in [0.15, 0.2) is 0 Å². The Labute approximate surface area is 151 Å². The van der Waals surface area contributed by atoms with E-state index in [4.69, 9.17) is 0 Å². The van der Waals surface area contributed by atoms with Gasteiger partial charge in [0, 0.05) is 11.1 Å². The van der Waals surface area contributed by atoms with Gasteiger partial charge in [-0.1, -0.05) is 30.3 Å². The Kier molecular flexibility index (Phi) is 3.15. The van der Waals surface area contributed by atoms with Crippen LogP contribution in [0.15, 0.2) is 53.4 Å². The molecule has 0 bridgehead atoms. The molecule has 130 valence electrons. The van der Waals surface area contributed by atoms with Gasteiger partial charge in [0.1, 0.15) is 0 Å². The molecule has 0 spiro atoms. The second-order valence-electron chi connectivity index (χ2n) is 6.76. The summed E-state index contributed by atoms with van der Waals surface area (Å²) >= 11 is 0. The van der Waals surface area contributed by atoms with Crippen LogP contribution in [-0.2, 0) is 34.1 Å². The summed E-state index contributed by atoms with van der Waals surface area (Å²) in [6, 6.07) is 14.6. The second-order valence-corrected chi connectivity index (χ2v) is 8.42. The highest BCUT2D eigenvalue weighted by molar-refractivity contribution is 7.93. The van der Waals surface area contributed by atoms with Crippen molar-refractivity contribution >= 4 is 38.1 Å². The lowest BCUT2D eigenvalue weighted by Crippen LogP contribution is -2.13. The molecule has 1 heterocycles. The quantitative estimate of drug-likeness (QED) is 0.749. The fourth-order valence-corrected chi connectivity index (χ4v) is 5.20. The number of hydrogen-bond donors (Lipinski definition) is 2. The predicted molar refractivity (Wildman–Crippen MR) is 101 cm³/mol. The predicted octanol–water partition coefficient (Wildman–Crippen LogP) is 3.23. The smallest absolute Gasteiger partial charge is 0.262 e. The highest BCUT2D eigenvalue weighted by Gasteiger charge is 2.24. The van der Waals surface area contributed by atoms with Crippen molar-refractivity contribution in [3.63, 3.8) is 0 Å². The van der Waals surface area contributed by atoms with E-state index < -0.39 is 10.0 Å². The van der Waals surface area contributed by atoms with Crippen molar-refractivity contribution in [2.24, 2.45) is 0 Å². The SMILES string of the molecule is O=C1Cc2ccc(NS(=O)(=O)c3ccc4c5c(cccc35)CC4)cc2N1. The van der Waals surface area contributed by atoms with Crippen LogP contribution in [0.5, 0.6) is 0 Å². The first kappa shape index (κ1) is 15.4. The van der Waals surface area contributed by atoms with Crippen molar-refractivity contribution in [3.8, 4) is 0 Å². The number of nitrogens with one attached hydrogen (secondary N) is 2. The van der Waals surface area contributed by atoms with Gasteiger partial charge in [0.25, 0.3) is 10.0 Å². The minimum atomic E-state index is -3.74. The molecule has 5 rings (SSSR count). The molecular formula is C20H16N2O3S. The van der Waals surface area contributed by atoms with Crippen LogP contribution in [0, 0.1) is 0 Å². The molecule has 0 radical (unpaired) electrons. The highest BCUT2D eigenvalue weighted by Crippen LogP contribution is 2.35. The van der Waals surface area contributed by atoms with Crippen LogP contribution >= 0.6 is 0 Å². The van der Waals surface area contributed by atoms with Crippen LogP contribution in [0.25, 0.3) is 10.8 Å². The van der Waals surface area contributed by atoms with Crippen LogP contribution in [0.4, 0.5) is 11.4 Å². The fraction of sp³-hybridized carbons (Fsp3) is 0.150. The molecule has 5 nitrogen and oxygen atoms in total. The number of anilines is 2. The Hall–Kier alpha value is -2.86. The van der Waals surface area contributed by atoms with E-state index >= 15 is 0 Å². The normalized spacial score (nSPS) is 15.2. The van der Waals surface area contributed by atoms with Gasteiger partial charge in [-0.15, -0.1) is 0 Å². The Balaban J connectivity index is 1.58. The Morgan fingerprint density at radius 1 is 0.923 bits per heavy atom. The van der Waals surface area contributed by atoms with Crippen LogP contribution in [0.2, 0.25) is 0 Å². The average molecular weight is 364 g/mol. The number of hydrogen-bond acceptors (Lipinski definition) is 3. The third-order valence-corrected chi connectivity index (χ3v) is 6.55. The van der Waals surface area contributed by atoms with E-state index in [0.29, 0.717) is 17.8 Å². The van der Waals surface area contributed by atoms with Crippen LogP contribution < -0.4 is 10.0 Å². The molecule has 2 aliphatic rings. The molecule has 1 aliphatic heterocycles.